The molecule has 26 heavy (non-hydrogen) atoms. The maximum Gasteiger partial charge on any atom is 0.287 e. The standard InChI is InChI=1S/C20H18N4O2/c25-19(17-9-14(12-26-17)13-5-2-1-3-6-13)23-18-15-10-24(11-16(15)18)20-21-7-4-8-22-20/h1-9,12,15-16,18H,10-11H2,(H,23,25)/t15-,16+,18?. The lowest BCUT2D eigenvalue weighted by molar-refractivity contribution is 0.0919. The van der Waals surface area contributed by atoms with Crippen LogP contribution in [0.4, 0.5) is 5.95 Å². The zero-order valence-corrected chi connectivity index (χ0v) is 14.1. The molecule has 1 aliphatic carbocycles. The molecule has 3 aromatic rings. The predicted molar refractivity (Wildman–Crippen MR) is 96.6 cm³/mol. The first-order chi connectivity index (χ1) is 12.8. The van der Waals surface area contributed by atoms with E-state index in [2.05, 4.69) is 20.2 Å². The summed E-state index contributed by atoms with van der Waals surface area (Å²) in [6.45, 7) is 1.76. The van der Waals surface area contributed by atoms with Crippen LogP contribution < -0.4 is 10.2 Å². The third-order valence-corrected chi connectivity index (χ3v) is 5.26. The quantitative estimate of drug-likeness (QED) is 0.786. The molecule has 2 fully saturated rings. The van der Waals surface area contributed by atoms with Gasteiger partial charge in [0, 0.05) is 48.9 Å². The molecule has 5 rings (SSSR count). The number of aromatic nitrogens is 2. The highest BCUT2D eigenvalue weighted by molar-refractivity contribution is 5.93. The molecule has 2 aliphatic rings. The zero-order chi connectivity index (χ0) is 17.5. The van der Waals surface area contributed by atoms with Crippen molar-refractivity contribution in [2.75, 3.05) is 18.0 Å². The van der Waals surface area contributed by atoms with E-state index in [1.807, 2.05) is 36.4 Å². The van der Waals surface area contributed by atoms with Gasteiger partial charge in [0.1, 0.15) is 0 Å². The van der Waals surface area contributed by atoms with E-state index in [4.69, 9.17) is 4.42 Å². The third-order valence-electron chi connectivity index (χ3n) is 5.26. The van der Waals surface area contributed by atoms with Gasteiger partial charge in [0.15, 0.2) is 5.76 Å². The van der Waals surface area contributed by atoms with Crippen LogP contribution in [0.3, 0.4) is 0 Å². The normalized spacial score (nSPS) is 23.5. The maximum atomic E-state index is 12.5. The van der Waals surface area contributed by atoms with E-state index in [0.29, 0.717) is 17.6 Å². The van der Waals surface area contributed by atoms with Crippen molar-refractivity contribution in [3.05, 3.63) is 66.9 Å². The SMILES string of the molecule is O=C(NC1[C@H]2CN(c3ncccn3)C[C@@H]12)c1cc(-c2ccccc2)co1. The van der Waals surface area contributed by atoms with Crippen LogP contribution in [-0.4, -0.2) is 35.0 Å². The van der Waals surface area contributed by atoms with Gasteiger partial charge in [-0.2, -0.15) is 0 Å². The number of hydrogen-bond acceptors (Lipinski definition) is 5. The summed E-state index contributed by atoms with van der Waals surface area (Å²) in [5.74, 6) is 1.91. The van der Waals surface area contributed by atoms with Crippen molar-refractivity contribution in [1.82, 2.24) is 15.3 Å². The predicted octanol–water partition coefficient (Wildman–Crippen LogP) is 2.60. The van der Waals surface area contributed by atoms with Crippen molar-refractivity contribution in [2.45, 2.75) is 6.04 Å². The summed E-state index contributed by atoms with van der Waals surface area (Å²) < 4.78 is 5.48. The topological polar surface area (TPSA) is 71.3 Å². The lowest BCUT2D eigenvalue weighted by Gasteiger charge is -2.19. The summed E-state index contributed by atoms with van der Waals surface area (Å²) in [7, 11) is 0. The van der Waals surface area contributed by atoms with Crippen molar-refractivity contribution >= 4 is 11.9 Å². The second kappa shape index (κ2) is 5.98. The van der Waals surface area contributed by atoms with Crippen LogP contribution in [0.15, 0.2) is 65.5 Å². The molecule has 1 aliphatic heterocycles. The molecular weight excluding hydrogens is 328 g/mol. The highest BCUT2D eigenvalue weighted by Gasteiger charge is 2.57. The Kier molecular flexibility index (Phi) is 3.48. The van der Waals surface area contributed by atoms with E-state index in [-0.39, 0.29) is 11.9 Å². The van der Waals surface area contributed by atoms with Crippen LogP contribution in [0, 0.1) is 11.8 Å². The molecule has 0 radical (unpaired) electrons. The smallest absolute Gasteiger partial charge is 0.287 e. The van der Waals surface area contributed by atoms with Gasteiger partial charge < -0.3 is 14.6 Å². The maximum absolute atomic E-state index is 12.5. The minimum atomic E-state index is -0.144. The Bertz CT molecular complexity index is 913. The van der Waals surface area contributed by atoms with E-state index in [1.54, 1.807) is 24.7 Å². The van der Waals surface area contributed by atoms with Crippen LogP contribution in [0.2, 0.25) is 0 Å². The van der Waals surface area contributed by atoms with Crippen LogP contribution in [0.25, 0.3) is 11.1 Å². The van der Waals surface area contributed by atoms with Crippen molar-refractivity contribution in [2.24, 2.45) is 11.8 Å². The average molecular weight is 346 g/mol. The fraction of sp³-hybridized carbons (Fsp3) is 0.250. The molecule has 1 N–H and O–H groups in total. The molecule has 0 spiro atoms. The Labute approximate surface area is 150 Å². The van der Waals surface area contributed by atoms with Crippen molar-refractivity contribution in [1.29, 1.82) is 0 Å². The van der Waals surface area contributed by atoms with E-state index < -0.39 is 0 Å². The lowest BCUT2D eigenvalue weighted by Crippen LogP contribution is -2.35. The summed E-state index contributed by atoms with van der Waals surface area (Å²) in [6.07, 6.45) is 5.14. The highest BCUT2D eigenvalue weighted by atomic mass is 16.3. The van der Waals surface area contributed by atoms with Crippen LogP contribution in [0.5, 0.6) is 0 Å². The second-order valence-electron chi connectivity index (χ2n) is 6.85. The highest BCUT2D eigenvalue weighted by Crippen LogP contribution is 2.46. The summed E-state index contributed by atoms with van der Waals surface area (Å²) in [5, 5.41) is 3.11. The number of piperidine rings is 1. The molecule has 2 aromatic heterocycles. The Hall–Kier alpha value is -3.15. The van der Waals surface area contributed by atoms with Crippen LogP contribution in [-0.2, 0) is 0 Å². The van der Waals surface area contributed by atoms with Gasteiger partial charge >= 0.3 is 0 Å². The number of furan rings is 1. The van der Waals surface area contributed by atoms with E-state index >= 15 is 0 Å². The lowest BCUT2D eigenvalue weighted by atomic mass is 10.1. The second-order valence-corrected chi connectivity index (χ2v) is 6.85. The van der Waals surface area contributed by atoms with Gasteiger partial charge in [-0.3, -0.25) is 4.79 Å². The van der Waals surface area contributed by atoms with Crippen molar-refractivity contribution < 1.29 is 9.21 Å². The first-order valence-corrected chi connectivity index (χ1v) is 8.76. The minimum Gasteiger partial charge on any atom is -0.459 e. The molecule has 1 saturated carbocycles. The number of carbonyl (C=O) groups is 1. The number of benzene rings is 1. The van der Waals surface area contributed by atoms with Gasteiger partial charge in [-0.1, -0.05) is 30.3 Å². The van der Waals surface area contributed by atoms with Gasteiger partial charge in [0.25, 0.3) is 5.91 Å². The van der Waals surface area contributed by atoms with E-state index in [1.165, 1.54) is 0 Å². The van der Waals surface area contributed by atoms with Gasteiger partial charge in [-0.25, -0.2) is 9.97 Å². The summed E-state index contributed by atoms with van der Waals surface area (Å²) in [4.78, 5) is 23.2. The molecule has 6 heteroatoms. The Morgan fingerprint density at radius 3 is 2.50 bits per heavy atom. The largest absolute Gasteiger partial charge is 0.459 e. The molecule has 1 amide bonds. The van der Waals surface area contributed by atoms with Crippen molar-refractivity contribution in [3.63, 3.8) is 0 Å². The molecule has 3 atom stereocenters. The monoisotopic (exact) mass is 346 g/mol. The number of amides is 1. The van der Waals surface area contributed by atoms with Gasteiger partial charge in [-0.05, 0) is 17.7 Å². The molecule has 1 unspecified atom stereocenters. The molecule has 1 aromatic carbocycles. The fourth-order valence-corrected chi connectivity index (χ4v) is 3.82. The Morgan fingerprint density at radius 2 is 1.77 bits per heavy atom. The minimum absolute atomic E-state index is 0.144. The van der Waals surface area contributed by atoms with Gasteiger partial charge in [0.05, 0.1) is 6.26 Å². The van der Waals surface area contributed by atoms with Gasteiger partial charge in [-0.15, -0.1) is 0 Å². The van der Waals surface area contributed by atoms with Crippen LogP contribution >= 0.6 is 0 Å². The van der Waals surface area contributed by atoms with Gasteiger partial charge in [0.2, 0.25) is 5.95 Å². The number of nitrogens with zero attached hydrogens (tertiary/aromatic N) is 3. The number of anilines is 1. The average Bonchev–Trinajstić information content (AvgIpc) is 3.11. The first kappa shape index (κ1) is 15.1. The fourth-order valence-electron chi connectivity index (χ4n) is 3.82. The molecule has 130 valence electrons. The number of carbonyl (C=O) groups excluding carboxylic acids is 1. The summed E-state index contributed by atoms with van der Waals surface area (Å²) in [5.41, 5.74) is 1.95. The molecule has 0 bridgehead atoms. The Morgan fingerprint density at radius 1 is 1.04 bits per heavy atom. The Balaban J connectivity index is 1.20. The van der Waals surface area contributed by atoms with E-state index in [0.717, 1.165) is 30.2 Å². The summed E-state index contributed by atoms with van der Waals surface area (Å²) in [6, 6.07) is 13.7. The number of nitrogens with one attached hydrogen (secondary N) is 1. The summed E-state index contributed by atoms with van der Waals surface area (Å²) >= 11 is 0. The molecule has 1 saturated heterocycles. The zero-order valence-electron chi connectivity index (χ0n) is 14.1. The van der Waals surface area contributed by atoms with E-state index in [9.17, 15) is 4.79 Å². The van der Waals surface area contributed by atoms with Crippen LogP contribution in [0.1, 0.15) is 10.6 Å². The molecular formula is C20H18N4O2. The first-order valence-electron chi connectivity index (χ1n) is 8.76. The molecule has 3 heterocycles. The number of hydrogen-bond donors (Lipinski definition) is 1. The van der Waals surface area contributed by atoms with Crippen molar-refractivity contribution in [3.8, 4) is 11.1 Å². The molecule has 6 nitrogen and oxygen atoms in total. The third kappa shape index (κ3) is 2.63. The number of rotatable bonds is 4. The number of fused-ring (bicyclic) bond motifs is 1.